The predicted molar refractivity (Wildman–Crippen MR) is 119 cm³/mol. The molecule has 5 heteroatoms. The Morgan fingerprint density at radius 2 is 1.67 bits per heavy atom. The van der Waals surface area contributed by atoms with Crippen molar-refractivity contribution >= 4 is 11.6 Å². The van der Waals surface area contributed by atoms with Crippen LogP contribution >= 0.6 is 11.6 Å². The molecule has 0 saturated heterocycles. The highest BCUT2D eigenvalue weighted by Crippen LogP contribution is 2.18. The molecule has 0 bridgehead atoms. The molecule has 0 spiro atoms. The van der Waals surface area contributed by atoms with E-state index < -0.39 is 6.10 Å². The summed E-state index contributed by atoms with van der Waals surface area (Å²) in [5.41, 5.74) is 4.61. The van der Waals surface area contributed by atoms with Crippen molar-refractivity contribution < 1.29 is 14.2 Å². The minimum Gasteiger partial charge on any atom is -0.491 e. The summed E-state index contributed by atoms with van der Waals surface area (Å²) in [4.78, 5) is 2.16. The highest BCUT2D eigenvalue weighted by Gasteiger charge is 2.15. The fourth-order valence-corrected chi connectivity index (χ4v) is 3.44. The van der Waals surface area contributed by atoms with Gasteiger partial charge in [0.15, 0.2) is 0 Å². The van der Waals surface area contributed by atoms with Crippen LogP contribution in [0.2, 0.25) is 5.02 Å². The van der Waals surface area contributed by atoms with Crippen molar-refractivity contribution in [3.63, 3.8) is 0 Å². The molecule has 3 nitrogen and oxygen atoms in total. The first-order valence-electron chi connectivity index (χ1n) is 9.98. The topological polar surface area (TPSA) is 32.7 Å². The predicted octanol–water partition coefficient (Wildman–Crippen LogP) is 5.54. The van der Waals surface area contributed by atoms with Gasteiger partial charge in [-0.3, -0.25) is 4.90 Å². The molecular formula is C25H27ClFNO2. The van der Waals surface area contributed by atoms with Gasteiger partial charge in [0.25, 0.3) is 0 Å². The van der Waals surface area contributed by atoms with Crippen LogP contribution < -0.4 is 4.74 Å². The van der Waals surface area contributed by atoms with Crippen LogP contribution in [0, 0.1) is 19.7 Å². The Morgan fingerprint density at radius 1 is 0.967 bits per heavy atom. The number of aliphatic hydroxyl groups excluding tert-OH is 1. The fraction of sp³-hybridized carbons (Fsp3) is 0.280. The standard InChI is InChI=1S/C25H27ClFNO2/c1-18-3-4-19(2)21(13-18)15-28(14-20-5-9-23(27)10-6-20)16-24(29)17-30-25-11-7-22(26)8-12-25/h3-13,24,29H,14-17H2,1-2H3/t24-/m0/s1. The number of hydrogen-bond donors (Lipinski definition) is 1. The van der Waals surface area contributed by atoms with Crippen LogP contribution in [-0.4, -0.2) is 29.3 Å². The number of nitrogens with zero attached hydrogens (tertiary/aromatic N) is 1. The van der Waals surface area contributed by atoms with E-state index in [1.54, 1.807) is 36.4 Å². The molecule has 0 aliphatic carbocycles. The summed E-state index contributed by atoms with van der Waals surface area (Å²) in [5, 5.41) is 11.2. The van der Waals surface area contributed by atoms with Crippen molar-refractivity contribution in [2.45, 2.75) is 33.0 Å². The van der Waals surface area contributed by atoms with Crippen molar-refractivity contribution in [1.29, 1.82) is 0 Å². The fourth-order valence-electron chi connectivity index (χ4n) is 3.32. The number of ether oxygens (including phenoxy) is 1. The van der Waals surface area contributed by atoms with E-state index in [2.05, 4.69) is 36.9 Å². The normalized spacial score (nSPS) is 12.2. The second-order valence-electron chi connectivity index (χ2n) is 7.64. The first kappa shape index (κ1) is 22.3. The summed E-state index contributed by atoms with van der Waals surface area (Å²) in [6.45, 7) is 6.05. The van der Waals surface area contributed by atoms with Crippen molar-refractivity contribution in [3.05, 3.63) is 99.8 Å². The molecule has 0 saturated carbocycles. The third-order valence-corrected chi connectivity index (χ3v) is 5.19. The lowest BCUT2D eigenvalue weighted by Crippen LogP contribution is -2.35. The average molecular weight is 428 g/mol. The molecule has 0 aliphatic rings. The van der Waals surface area contributed by atoms with Gasteiger partial charge in [-0.25, -0.2) is 4.39 Å². The molecule has 0 aromatic heterocycles. The summed E-state index contributed by atoms with van der Waals surface area (Å²) in [7, 11) is 0. The highest BCUT2D eigenvalue weighted by atomic mass is 35.5. The average Bonchev–Trinajstić information content (AvgIpc) is 2.72. The Morgan fingerprint density at radius 3 is 2.37 bits per heavy atom. The third kappa shape index (κ3) is 6.84. The van der Waals surface area contributed by atoms with Gasteiger partial charge >= 0.3 is 0 Å². The van der Waals surface area contributed by atoms with E-state index in [0.29, 0.717) is 30.4 Å². The lowest BCUT2D eigenvalue weighted by Gasteiger charge is -2.26. The maximum absolute atomic E-state index is 13.3. The maximum atomic E-state index is 13.3. The molecule has 3 aromatic carbocycles. The van der Waals surface area contributed by atoms with Crippen LogP contribution in [0.5, 0.6) is 5.75 Å². The molecule has 3 aromatic rings. The van der Waals surface area contributed by atoms with Gasteiger partial charge < -0.3 is 9.84 Å². The molecule has 0 heterocycles. The first-order chi connectivity index (χ1) is 14.4. The highest BCUT2D eigenvalue weighted by molar-refractivity contribution is 6.30. The van der Waals surface area contributed by atoms with Crippen molar-refractivity contribution in [2.24, 2.45) is 0 Å². The third-order valence-electron chi connectivity index (χ3n) is 4.94. The zero-order chi connectivity index (χ0) is 21.5. The summed E-state index contributed by atoms with van der Waals surface area (Å²) in [6.07, 6.45) is -0.675. The molecule has 0 unspecified atom stereocenters. The van der Waals surface area contributed by atoms with E-state index >= 15 is 0 Å². The number of halogens is 2. The Balaban J connectivity index is 1.68. The zero-order valence-electron chi connectivity index (χ0n) is 17.3. The summed E-state index contributed by atoms with van der Waals surface area (Å²) in [6, 6.07) is 19.9. The molecule has 30 heavy (non-hydrogen) atoms. The van der Waals surface area contributed by atoms with Crippen LogP contribution in [0.15, 0.2) is 66.7 Å². The number of aryl methyl sites for hydroxylation is 2. The lowest BCUT2D eigenvalue weighted by molar-refractivity contribution is 0.0628. The van der Waals surface area contributed by atoms with Crippen LogP contribution in [0.1, 0.15) is 22.3 Å². The summed E-state index contributed by atoms with van der Waals surface area (Å²) in [5.74, 6) is 0.411. The Bertz CT molecular complexity index is 944. The number of benzene rings is 3. The Kier molecular flexibility index (Phi) is 7.86. The molecule has 0 amide bonds. The van der Waals surface area contributed by atoms with E-state index in [1.807, 2.05) is 0 Å². The zero-order valence-corrected chi connectivity index (χ0v) is 18.1. The minimum atomic E-state index is -0.675. The molecule has 1 N–H and O–H groups in total. The van der Waals surface area contributed by atoms with E-state index in [0.717, 1.165) is 5.56 Å². The summed E-state index contributed by atoms with van der Waals surface area (Å²) < 4.78 is 19.0. The maximum Gasteiger partial charge on any atom is 0.123 e. The van der Waals surface area contributed by atoms with E-state index in [4.69, 9.17) is 16.3 Å². The molecule has 1 atom stereocenters. The molecule has 0 fully saturated rings. The van der Waals surface area contributed by atoms with Gasteiger partial charge in [-0.2, -0.15) is 0 Å². The Hall–Kier alpha value is -2.40. The van der Waals surface area contributed by atoms with Crippen LogP contribution in [0.4, 0.5) is 4.39 Å². The van der Waals surface area contributed by atoms with Crippen LogP contribution in [-0.2, 0) is 13.1 Å². The number of aliphatic hydroxyl groups is 1. The minimum absolute atomic E-state index is 0.175. The first-order valence-corrected chi connectivity index (χ1v) is 10.4. The molecule has 0 radical (unpaired) electrons. The van der Waals surface area contributed by atoms with E-state index in [-0.39, 0.29) is 12.4 Å². The molecule has 0 aliphatic heterocycles. The smallest absolute Gasteiger partial charge is 0.123 e. The largest absolute Gasteiger partial charge is 0.491 e. The van der Waals surface area contributed by atoms with E-state index in [9.17, 15) is 9.50 Å². The van der Waals surface area contributed by atoms with Crippen LogP contribution in [0.3, 0.4) is 0 Å². The SMILES string of the molecule is Cc1ccc(C)c(CN(Cc2ccc(F)cc2)C[C@H](O)COc2ccc(Cl)cc2)c1. The van der Waals surface area contributed by atoms with Gasteiger partial charge in [0.2, 0.25) is 0 Å². The Labute approximate surface area is 182 Å². The number of hydrogen-bond acceptors (Lipinski definition) is 3. The van der Waals surface area contributed by atoms with Gasteiger partial charge in [-0.05, 0) is 66.9 Å². The van der Waals surface area contributed by atoms with Crippen molar-refractivity contribution in [3.8, 4) is 5.75 Å². The number of rotatable bonds is 9. The van der Waals surface area contributed by atoms with E-state index in [1.165, 1.54) is 28.8 Å². The van der Waals surface area contributed by atoms with Crippen LogP contribution in [0.25, 0.3) is 0 Å². The van der Waals surface area contributed by atoms with Gasteiger partial charge in [-0.1, -0.05) is 47.5 Å². The molecular weight excluding hydrogens is 401 g/mol. The molecule has 158 valence electrons. The molecule has 3 rings (SSSR count). The quantitative estimate of drug-likeness (QED) is 0.486. The van der Waals surface area contributed by atoms with Gasteiger partial charge in [-0.15, -0.1) is 0 Å². The van der Waals surface area contributed by atoms with Gasteiger partial charge in [0.05, 0.1) is 0 Å². The summed E-state index contributed by atoms with van der Waals surface area (Å²) >= 11 is 5.90. The second-order valence-corrected chi connectivity index (χ2v) is 8.08. The van der Waals surface area contributed by atoms with Gasteiger partial charge in [0, 0.05) is 24.7 Å². The second kappa shape index (κ2) is 10.6. The van der Waals surface area contributed by atoms with Crippen molar-refractivity contribution in [2.75, 3.05) is 13.2 Å². The van der Waals surface area contributed by atoms with Gasteiger partial charge in [0.1, 0.15) is 24.3 Å². The van der Waals surface area contributed by atoms with Crippen molar-refractivity contribution in [1.82, 2.24) is 4.90 Å². The monoisotopic (exact) mass is 427 g/mol. The lowest BCUT2D eigenvalue weighted by atomic mass is 10.0.